The Morgan fingerprint density at radius 3 is 3.15 bits per heavy atom. The van der Waals surface area contributed by atoms with Crippen molar-refractivity contribution in [3.05, 3.63) is 11.2 Å². The van der Waals surface area contributed by atoms with Crippen molar-refractivity contribution >= 4 is 34.4 Å². The smallest absolute Gasteiger partial charge is 0.170 e. The lowest BCUT2D eigenvalue weighted by atomic mass is 10.4. The average molecular weight is 216 g/mol. The third-order valence-corrected chi connectivity index (χ3v) is 2.81. The molecule has 70 valence electrons. The van der Waals surface area contributed by atoms with E-state index in [1.54, 1.807) is 11.8 Å². The third kappa shape index (κ3) is 1.60. The van der Waals surface area contributed by atoms with Crippen LogP contribution in [0.4, 0.5) is 0 Å². The molecular weight excluding hydrogens is 206 g/mol. The Morgan fingerprint density at radius 2 is 2.46 bits per heavy atom. The monoisotopic (exact) mass is 215 g/mol. The van der Waals surface area contributed by atoms with Crippen molar-refractivity contribution in [3.63, 3.8) is 0 Å². The summed E-state index contributed by atoms with van der Waals surface area (Å²) in [7, 11) is 0. The summed E-state index contributed by atoms with van der Waals surface area (Å²) in [5, 5.41) is 1.46. The number of hydrogen-bond acceptors (Lipinski definition) is 4. The molecule has 0 aromatic heterocycles. The molecule has 1 atom stereocenters. The van der Waals surface area contributed by atoms with Crippen molar-refractivity contribution in [2.24, 2.45) is 9.98 Å². The van der Waals surface area contributed by atoms with E-state index >= 15 is 0 Å². The lowest BCUT2D eigenvalue weighted by Crippen LogP contribution is -2.34. The van der Waals surface area contributed by atoms with Crippen LogP contribution in [0.5, 0.6) is 0 Å². The number of rotatable bonds is 0. The molecule has 2 aliphatic heterocycles. The number of halogens is 1. The lowest BCUT2D eigenvalue weighted by Gasteiger charge is -2.22. The fourth-order valence-electron chi connectivity index (χ4n) is 1.43. The zero-order chi connectivity index (χ0) is 9.42. The van der Waals surface area contributed by atoms with Crippen LogP contribution in [-0.4, -0.2) is 34.7 Å². The molecule has 2 aliphatic rings. The molecule has 0 spiro atoms. The molecule has 2 heterocycles. The number of amidine groups is 2. The summed E-state index contributed by atoms with van der Waals surface area (Å²) >= 11 is 7.45. The van der Waals surface area contributed by atoms with Crippen LogP contribution in [0, 0.1) is 0 Å². The van der Waals surface area contributed by atoms with Gasteiger partial charge in [-0.05, 0) is 13.2 Å². The van der Waals surface area contributed by atoms with Crippen LogP contribution in [-0.2, 0) is 0 Å². The lowest BCUT2D eigenvalue weighted by molar-refractivity contribution is 0.606. The van der Waals surface area contributed by atoms with E-state index in [1.165, 1.54) is 0 Å². The number of nitrogens with zero attached hydrogens (tertiary/aromatic N) is 3. The molecule has 0 aromatic rings. The highest BCUT2D eigenvalue weighted by Crippen LogP contribution is 2.23. The van der Waals surface area contributed by atoms with E-state index in [4.69, 9.17) is 11.6 Å². The van der Waals surface area contributed by atoms with Gasteiger partial charge in [-0.15, -0.1) is 0 Å². The minimum absolute atomic E-state index is 0.339. The number of thioether (sulfide) groups is 1. The van der Waals surface area contributed by atoms with Crippen molar-refractivity contribution in [2.45, 2.75) is 13.0 Å². The minimum Gasteiger partial charge on any atom is -0.304 e. The Labute approximate surface area is 86.6 Å². The molecule has 0 aromatic carbocycles. The molecule has 0 fully saturated rings. The van der Waals surface area contributed by atoms with Crippen molar-refractivity contribution in [2.75, 3.05) is 12.8 Å². The predicted molar refractivity (Wildman–Crippen MR) is 58.5 cm³/mol. The number of fused-ring (bicyclic) bond motifs is 1. The van der Waals surface area contributed by atoms with Crippen LogP contribution in [0.25, 0.3) is 0 Å². The van der Waals surface area contributed by atoms with Gasteiger partial charge in [-0.1, -0.05) is 23.4 Å². The second-order valence-electron chi connectivity index (χ2n) is 3.01. The van der Waals surface area contributed by atoms with Gasteiger partial charge in [-0.2, -0.15) is 0 Å². The van der Waals surface area contributed by atoms with E-state index in [0.29, 0.717) is 11.2 Å². The number of aliphatic imine (C=N–C) groups is 2. The van der Waals surface area contributed by atoms with Gasteiger partial charge in [0.2, 0.25) is 0 Å². The Hall–Kier alpha value is -0.480. The maximum atomic E-state index is 5.86. The fraction of sp³-hybridized carbons (Fsp3) is 0.500. The highest BCUT2D eigenvalue weighted by molar-refractivity contribution is 8.13. The molecule has 0 saturated heterocycles. The van der Waals surface area contributed by atoms with Crippen LogP contribution in [0.2, 0.25) is 0 Å². The predicted octanol–water partition coefficient (Wildman–Crippen LogP) is 1.90. The van der Waals surface area contributed by atoms with E-state index in [-0.39, 0.29) is 0 Å². The van der Waals surface area contributed by atoms with Crippen molar-refractivity contribution in [3.8, 4) is 0 Å². The van der Waals surface area contributed by atoms with E-state index in [2.05, 4.69) is 21.8 Å². The maximum absolute atomic E-state index is 5.86. The SMILES string of the molecule is CSC1=NC(Cl)=CC2=NC(C)CN21. The van der Waals surface area contributed by atoms with Gasteiger partial charge in [0.1, 0.15) is 11.0 Å². The molecule has 2 rings (SSSR count). The summed E-state index contributed by atoms with van der Waals surface area (Å²) in [6.07, 6.45) is 3.81. The van der Waals surface area contributed by atoms with Crippen LogP contribution >= 0.6 is 23.4 Å². The van der Waals surface area contributed by atoms with Gasteiger partial charge >= 0.3 is 0 Å². The van der Waals surface area contributed by atoms with Crippen LogP contribution in [0.1, 0.15) is 6.92 Å². The van der Waals surface area contributed by atoms with Gasteiger partial charge in [0.15, 0.2) is 5.17 Å². The average Bonchev–Trinajstić information content (AvgIpc) is 2.43. The largest absolute Gasteiger partial charge is 0.304 e. The molecule has 0 saturated carbocycles. The summed E-state index contributed by atoms with van der Waals surface area (Å²) in [5.74, 6) is 0.942. The second kappa shape index (κ2) is 3.35. The third-order valence-electron chi connectivity index (χ3n) is 1.94. The van der Waals surface area contributed by atoms with Gasteiger partial charge in [0, 0.05) is 12.6 Å². The van der Waals surface area contributed by atoms with Gasteiger partial charge < -0.3 is 4.90 Å². The van der Waals surface area contributed by atoms with Crippen LogP contribution in [0.3, 0.4) is 0 Å². The van der Waals surface area contributed by atoms with E-state index in [0.717, 1.165) is 17.5 Å². The first-order chi connectivity index (χ1) is 6.20. The van der Waals surface area contributed by atoms with E-state index < -0.39 is 0 Å². The summed E-state index contributed by atoms with van der Waals surface area (Å²) < 4.78 is 0. The zero-order valence-electron chi connectivity index (χ0n) is 7.49. The van der Waals surface area contributed by atoms with Gasteiger partial charge in [-0.3, -0.25) is 4.99 Å². The summed E-state index contributed by atoms with van der Waals surface area (Å²) in [4.78, 5) is 10.8. The fourth-order valence-corrected chi connectivity index (χ4v) is 2.24. The Bertz CT molecular complexity index is 321. The van der Waals surface area contributed by atoms with Gasteiger partial charge in [0.25, 0.3) is 0 Å². The van der Waals surface area contributed by atoms with Crippen LogP contribution < -0.4 is 0 Å². The molecular formula is C8H10ClN3S. The van der Waals surface area contributed by atoms with Crippen LogP contribution in [0.15, 0.2) is 21.2 Å². The molecule has 13 heavy (non-hydrogen) atoms. The topological polar surface area (TPSA) is 28.0 Å². The molecule has 1 unspecified atom stereocenters. The highest BCUT2D eigenvalue weighted by Gasteiger charge is 2.27. The van der Waals surface area contributed by atoms with Gasteiger partial charge in [-0.25, -0.2) is 4.99 Å². The zero-order valence-corrected chi connectivity index (χ0v) is 9.06. The standard InChI is InChI=1S/C8H10ClN3S/c1-5-4-12-7(10-5)3-6(9)11-8(12)13-2/h3,5H,4H2,1-2H3. The van der Waals surface area contributed by atoms with E-state index in [1.807, 2.05) is 12.3 Å². The number of hydrogen-bond donors (Lipinski definition) is 0. The first-order valence-corrected chi connectivity index (χ1v) is 5.66. The molecule has 3 nitrogen and oxygen atoms in total. The van der Waals surface area contributed by atoms with Crippen molar-refractivity contribution < 1.29 is 0 Å². The molecule has 0 bridgehead atoms. The first-order valence-electron chi connectivity index (χ1n) is 4.06. The molecule has 0 amide bonds. The van der Waals surface area contributed by atoms with E-state index in [9.17, 15) is 0 Å². The Kier molecular flexibility index (Phi) is 2.34. The first kappa shape index (κ1) is 9.09. The quantitative estimate of drug-likeness (QED) is 0.578. The van der Waals surface area contributed by atoms with Gasteiger partial charge in [0.05, 0.1) is 6.04 Å². The normalized spacial score (nSPS) is 26.5. The van der Waals surface area contributed by atoms with Crippen molar-refractivity contribution in [1.82, 2.24) is 4.90 Å². The van der Waals surface area contributed by atoms with Crippen molar-refractivity contribution in [1.29, 1.82) is 0 Å². The summed E-state index contributed by atoms with van der Waals surface area (Å²) in [6, 6.07) is 0.339. The molecule has 5 heteroatoms. The molecule has 0 N–H and O–H groups in total. The summed E-state index contributed by atoms with van der Waals surface area (Å²) in [6.45, 7) is 3.00. The Morgan fingerprint density at radius 1 is 1.69 bits per heavy atom. The molecule has 0 aliphatic carbocycles. The maximum Gasteiger partial charge on any atom is 0.170 e. The minimum atomic E-state index is 0.339. The highest BCUT2D eigenvalue weighted by atomic mass is 35.5. The Balaban J connectivity index is 2.34. The summed E-state index contributed by atoms with van der Waals surface area (Å²) in [5.41, 5.74) is 0. The molecule has 0 radical (unpaired) electrons. The second-order valence-corrected chi connectivity index (χ2v) is 4.17.